The minimum atomic E-state index is -0.789. The van der Waals surface area contributed by atoms with E-state index < -0.39 is 11.9 Å². The second-order valence-electron chi connectivity index (χ2n) is 6.19. The maximum absolute atomic E-state index is 12.1. The molecule has 5 nitrogen and oxygen atoms in total. The summed E-state index contributed by atoms with van der Waals surface area (Å²) in [6.45, 7) is 1.98. The van der Waals surface area contributed by atoms with Crippen molar-refractivity contribution in [2.45, 2.75) is 32.2 Å². The van der Waals surface area contributed by atoms with E-state index in [1.807, 2.05) is 31.2 Å². The number of carboxylic acids is 1. The van der Waals surface area contributed by atoms with Crippen LogP contribution in [-0.4, -0.2) is 23.1 Å². The number of urea groups is 1. The molecule has 0 aliphatic heterocycles. The second-order valence-corrected chi connectivity index (χ2v) is 6.19. The molecule has 1 aromatic rings. The van der Waals surface area contributed by atoms with Crippen molar-refractivity contribution in [3.8, 4) is 0 Å². The Bertz CT molecular complexity index is 555. The molecular weight excluding hydrogens is 268 g/mol. The summed E-state index contributed by atoms with van der Waals surface area (Å²) in [5.41, 5.74) is 1.84. The lowest BCUT2D eigenvalue weighted by Gasteiger charge is -2.28. The van der Waals surface area contributed by atoms with Crippen LogP contribution in [0.15, 0.2) is 24.3 Å². The van der Waals surface area contributed by atoms with Gasteiger partial charge in [-0.3, -0.25) is 4.79 Å². The highest BCUT2D eigenvalue weighted by atomic mass is 16.4. The van der Waals surface area contributed by atoms with Gasteiger partial charge in [0.15, 0.2) is 0 Å². The molecule has 0 aromatic heterocycles. The first-order chi connectivity index (χ1) is 10.0. The second kappa shape index (κ2) is 5.39. The lowest BCUT2D eigenvalue weighted by molar-refractivity contribution is -0.144. The summed E-state index contributed by atoms with van der Waals surface area (Å²) in [6, 6.07) is 6.96. The molecule has 1 aromatic carbocycles. The predicted molar refractivity (Wildman–Crippen MR) is 79.1 cm³/mol. The van der Waals surface area contributed by atoms with Crippen molar-refractivity contribution in [1.29, 1.82) is 0 Å². The Morgan fingerprint density at radius 2 is 1.81 bits per heavy atom. The summed E-state index contributed by atoms with van der Waals surface area (Å²) in [5, 5.41) is 15.0. The van der Waals surface area contributed by atoms with Crippen molar-refractivity contribution in [1.82, 2.24) is 5.32 Å². The van der Waals surface area contributed by atoms with Gasteiger partial charge in [0.2, 0.25) is 0 Å². The van der Waals surface area contributed by atoms with E-state index >= 15 is 0 Å². The largest absolute Gasteiger partial charge is 0.481 e. The molecule has 0 saturated heterocycles. The molecule has 112 valence electrons. The molecule has 2 aliphatic rings. The molecule has 2 aliphatic carbocycles. The molecule has 0 radical (unpaired) electrons. The zero-order valence-electron chi connectivity index (χ0n) is 12.0. The van der Waals surface area contributed by atoms with E-state index in [0.717, 1.165) is 24.8 Å². The molecule has 0 spiro atoms. The number of hydrogen-bond donors (Lipinski definition) is 3. The van der Waals surface area contributed by atoms with Gasteiger partial charge in [-0.05, 0) is 50.2 Å². The highest BCUT2D eigenvalue weighted by Gasteiger charge is 2.51. The summed E-state index contributed by atoms with van der Waals surface area (Å²) in [6.07, 6.45) is 2.91. The van der Waals surface area contributed by atoms with Crippen molar-refractivity contribution in [2.24, 2.45) is 17.8 Å². The lowest BCUT2D eigenvalue weighted by atomic mass is 9.84. The van der Waals surface area contributed by atoms with Gasteiger partial charge in [0.05, 0.1) is 5.92 Å². The van der Waals surface area contributed by atoms with Crippen LogP contribution >= 0.6 is 0 Å². The summed E-state index contributed by atoms with van der Waals surface area (Å²) in [4.78, 5) is 23.5. The van der Waals surface area contributed by atoms with E-state index in [4.69, 9.17) is 0 Å². The predicted octanol–water partition coefficient (Wildman–Crippen LogP) is 2.62. The number of aliphatic carboxylic acids is 1. The van der Waals surface area contributed by atoms with Crippen LogP contribution < -0.4 is 10.6 Å². The van der Waals surface area contributed by atoms with Crippen molar-refractivity contribution in [3.63, 3.8) is 0 Å². The minimum absolute atomic E-state index is 0.220. The maximum atomic E-state index is 12.1. The Labute approximate surface area is 123 Å². The van der Waals surface area contributed by atoms with E-state index in [9.17, 15) is 14.7 Å². The normalized spacial score (nSPS) is 30.1. The fourth-order valence-electron chi connectivity index (χ4n) is 3.81. The zero-order chi connectivity index (χ0) is 15.0. The number of amides is 2. The average Bonchev–Trinajstić information content (AvgIpc) is 3.02. The number of rotatable bonds is 3. The monoisotopic (exact) mass is 288 g/mol. The molecule has 2 fully saturated rings. The Morgan fingerprint density at radius 3 is 2.48 bits per heavy atom. The van der Waals surface area contributed by atoms with Crippen LogP contribution in [0.3, 0.4) is 0 Å². The van der Waals surface area contributed by atoms with Gasteiger partial charge in [-0.2, -0.15) is 0 Å². The van der Waals surface area contributed by atoms with Crippen LogP contribution in [0, 0.1) is 24.7 Å². The molecule has 4 unspecified atom stereocenters. The molecule has 2 amide bonds. The fourth-order valence-corrected chi connectivity index (χ4v) is 3.81. The number of anilines is 1. The number of carbonyl (C=O) groups excluding carboxylic acids is 1. The molecule has 0 heterocycles. The van der Waals surface area contributed by atoms with Crippen molar-refractivity contribution in [3.05, 3.63) is 29.8 Å². The number of carbonyl (C=O) groups is 2. The Kier molecular flexibility index (Phi) is 3.57. The Morgan fingerprint density at radius 1 is 1.14 bits per heavy atom. The van der Waals surface area contributed by atoms with Gasteiger partial charge in [0.1, 0.15) is 0 Å². The van der Waals surface area contributed by atoms with Gasteiger partial charge in [0, 0.05) is 11.7 Å². The molecule has 5 heteroatoms. The molecule has 4 atom stereocenters. The topological polar surface area (TPSA) is 78.4 Å². The van der Waals surface area contributed by atoms with Crippen LogP contribution in [0.1, 0.15) is 24.8 Å². The smallest absolute Gasteiger partial charge is 0.319 e. The third-order valence-electron chi connectivity index (χ3n) is 4.81. The molecule has 3 rings (SSSR count). The number of benzene rings is 1. The SMILES string of the molecule is Cc1ccc(NC(=O)NC2C3CCC(C3)C2C(=O)O)cc1. The highest BCUT2D eigenvalue weighted by Crippen LogP contribution is 2.48. The summed E-state index contributed by atoms with van der Waals surface area (Å²) >= 11 is 0. The van der Waals surface area contributed by atoms with Crippen LogP contribution in [0.25, 0.3) is 0 Å². The van der Waals surface area contributed by atoms with Crippen molar-refractivity contribution < 1.29 is 14.7 Å². The van der Waals surface area contributed by atoms with Crippen LogP contribution in [0.2, 0.25) is 0 Å². The van der Waals surface area contributed by atoms with Gasteiger partial charge in [-0.25, -0.2) is 4.79 Å². The van der Waals surface area contributed by atoms with Crippen molar-refractivity contribution in [2.75, 3.05) is 5.32 Å². The minimum Gasteiger partial charge on any atom is -0.481 e. The Hall–Kier alpha value is -2.04. The standard InChI is InChI=1S/C16H20N2O3/c1-9-2-6-12(7-3-9)17-16(21)18-14-11-5-4-10(8-11)13(14)15(19)20/h2-3,6-7,10-11,13-14H,4-5,8H2,1H3,(H,19,20)(H2,17,18,21). The van der Waals surface area contributed by atoms with E-state index in [-0.39, 0.29) is 18.0 Å². The van der Waals surface area contributed by atoms with Crippen LogP contribution in [0.4, 0.5) is 10.5 Å². The first kappa shape index (κ1) is 13.9. The van der Waals surface area contributed by atoms with E-state index in [0.29, 0.717) is 11.6 Å². The van der Waals surface area contributed by atoms with Gasteiger partial charge in [-0.1, -0.05) is 17.7 Å². The van der Waals surface area contributed by atoms with E-state index in [1.165, 1.54) is 0 Å². The third-order valence-corrected chi connectivity index (χ3v) is 4.81. The van der Waals surface area contributed by atoms with Gasteiger partial charge in [0.25, 0.3) is 0 Å². The number of aryl methyl sites for hydroxylation is 1. The van der Waals surface area contributed by atoms with Crippen LogP contribution in [0.5, 0.6) is 0 Å². The fraction of sp³-hybridized carbons (Fsp3) is 0.500. The average molecular weight is 288 g/mol. The quantitative estimate of drug-likeness (QED) is 0.800. The number of carboxylic acid groups (broad SMARTS) is 1. The van der Waals surface area contributed by atoms with Gasteiger partial charge in [-0.15, -0.1) is 0 Å². The third kappa shape index (κ3) is 2.73. The zero-order valence-corrected chi connectivity index (χ0v) is 12.0. The van der Waals surface area contributed by atoms with Crippen molar-refractivity contribution >= 4 is 17.7 Å². The molecule has 2 bridgehead atoms. The molecule has 2 saturated carbocycles. The summed E-state index contributed by atoms with van der Waals surface area (Å²) in [7, 11) is 0. The molecule has 3 N–H and O–H groups in total. The van der Waals surface area contributed by atoms with E-state index in [1.54, 1.807) is 0 Å². The maximum Gasteiger partial charge on any atom is 0.319 e. The van der Waals surface area contributed by atoms with E-state index in [2.05, 4.69) is 10.6 Å². The summed E-state index contributed by atoms with van der Waals surface area (Å²) < 4.78 is 0. The Balaban J connectivity index is 1.64. The summed E-state index contributed by atoms with van der Waals surface area (Å²) in [5.74, 6) is -0.701. The molecular formula is C16H20N2O3. The number of nitrogens with one attached hydrogen (secondary N) is 2. The number of fused-ring (bicyclic) bond motifs is 2. The lowest BCUT2D eigenvalue weighted by Crippen LogP contribution is -2.48. The highest BCUT2D eigenvalue weighted by molar-refractivity contribution is 5.90. The molecule has 21 heavy (non-hydrogen) atoms. The first-order valence-electron chi connectivity index (χ1n) is 7.41. The van der Waals surface area contributed by atoms with Crippen LogP contribution in [-0.2, 0) is 4.79 Å². The number of hydrogen-bond acceptors (Lipinski definition) is 2. The van der Waals surface area contributed by atoms with Gasteiger partial charge >= 0.3 is 12.0 Å². The van der Waals surface area contributed by atoms with Gasteiger partial charge < -0.3 is 15.7 Å². The first-order valence-corrected chi connectivity index (χ1v) is 7.41.